The van der Waals surface area contributed by atoms with Crippen LogP contribution in [0.25, 0.3) is 0 Å². The molecule has 1 rings (SSSR count). The molecule has 1 aromatic rings. The van der Waals surface area contributed by atoms with Crippen LogP contribution in [0.4, 0.5) is 0 Å². The van der Waals surface area contributed by atoms with Crippen LogP contribution < -0.4 is 5.32 Å². The number of carbonyl (C=O) groups is 2. The molecule has 1 aromatic carbocycles. The first-order valence-corrected chi connectivity index (χ1v) is 6.31. The first-order chi connectivity index (χ1) is 8.20. The molecule has 4 nitrogen and oxygen atoms in total. The quantitative estimate of drug-likeness (QED) is 0.901. The second-order valence-electron chi connectivity index (χ2n) is 5.24. The van der Waals surface area contributed by atoms with Crippen molar-refractivity contribution >= 4 is 27.8 Å². The Balaban J connectivity index is 2.87. The molecule has 98 valence electrons. The first kappa shape index (κ1) is 14.7. The van der Waals surface area contributed by atoms with Crippen molar-refractivity contribution in [3.63, 3.8) is 0 Å². The Morgan fingerprint density at radius 1 is 1.33 bits per heavy atom. The Bertz CT molecular complexity index is 478. The molecular formula is C13H16BrNO3. The van der Waals surface area contributed by atoms with E-state index in [1.165, 1.54) is 6.07 Å². The number of rotatable bonds is 3. The van der Waals surface area contributed by atoms with E-state index in [0.29, 0.717) is 16.6 Å². The molecule has 0 unspecified atom stereocenters. The van der Waals surface area contributed by atoms with E-state index in [0.717, 1.165) is 0 Å². The summed E-state index contributed by atoms with van der Waals surface area (Å²) in [7, 11) is 0. The molecule has 18 heavy (non-hydrogen) atoms. The minimum atomic E-state index is -1.06. The van der Waals surface area contributed by atoms with Crippen LogP contribution in [0.15, 0.2) is 22.7 Å². The van der Waals surface area contributed by atoms with E-state index in [-0.39, 0.29) is 16.9 Å². The van der Waals surface area contributed by atoms with Gasteiger partial charge in [0, 0.05) is 16.6 Å². The summed E-state index contributed by atoms with van der Waals surface area (Å²) >= 11 is 3.14. The van der Waals surface area contributed by atoms with E-state index in [1.807, 2.05) is 20.8 Å². The topological polar surface area (TPSA) is 66.4 Å². The van der Waals surface area contributed by atoms with Gasteiger partial charge in [-0.2, -0.15) is 0 Å². The standard InChI is InChI=1S/C13H16BrNO3/c1-13(2,3)7-15-11(16)8-4-5-10(14)9(6-8)12(17)18/h4-6H,7H2,1-3H3,(H,15,16)(H,17,18). The Morgan fingerprint density at radius 2 is 1.94 bits per heavy atom. The molecule has 0 aliphatic rings. The van der Waals surface area contributed by atoms with Gasteiger partial charge in [-0.3, -0.25) is 4.79 Å². The molecule has 0 aliphatic heterocycles. The maximum atomic E-state index is 11.9. The molecular weight excluding hydrogens is 298 g/mol. The second kappa shape index (κ2) is 5.52. The first-order valence-electron chi connectivity index (χ1n) is 5.52. The molecule has 0 spiro atoms. The molecule has 0 aromatic heterocycles. The van der Waals surface area contributed by atoms with Crippen LogP contribution in [0, 0.1) is 5.41 Å². The van der Waals surface area contributed by atoms with Crippen LogP contribution in [0.1, 0.15) is 41.5 Å². The van der Waals surface area contributed by atoms with Gasteiger partial charge in [-0.1, -0.05) is 20.8 Å². The zero-order valence-electron chi connectivity index (χ0n) is 10.6. The number of carboxylic acid groups (broad SMARTS) is 1. The van der Waals surface area contributed by atoms with Gasteiger partial charge >= 0.3 is 5.97 Å². The van der Waals surface area contributed by atoms with Crippen molar-refractivity contribution in [1.29, 1.82) is 0 Å². The van der Waals surface area contributed by atoms with E-state index in [9.17, 15) is 9.59 Å². The monoisotopic (exact) mass is 313 g/mol. The number of hydrogen-bond acceptors (Lipinski definition) is 2. The average molecular weight is 314 g/mol. The maximum Gasteiger partial charge on any atom is 0.336 e. The molecule has 0 atom stereocenters. The second-order valence-corrected chi connectivity index (χ2v) is 6.10. The summed E-state index contributed by atoms with van der Waals surface area (Å²) in [5.41, 5.74) is 0.416. The van der Waals surface area contributed by atoms with Gasteiger partial charge in [0.05, 0.1) is 5.56 Å². The maximum absolute atomic E-state index is 11.9. The predicted molar refractivity (Wildman–Crippen MR) is 72.9 cm³/mol. The molecule has 0 fully saturated rings. The third kappa shape index (κ3) is 4.14. The van der Waals surface area contributed by atoms with Crippen molar-refractivity contribution in [2.45, 2.75) is 20.8 Å². The Morgan fingerprint density at radius 3 is 2.44 bits per heavy atom. The molecule has 0 saturated heterocycles. The van der Waals surface area contributed by atoms with Crippen LogP contribution in [0.5, 0.6) is 0 Å². The Kier molecular flexibility index (Phi) is 4.51. The molecule has 1 amide bonds. The number of aromatic carboxylic acids is 1. The third-order valence-corrected chi connectivity index (χ3v) is 2.93. The number of nitrogens with one attached hydrogen (secondary N) is 1. The molecule has 0 aliphatic carbocycles. The minimum absolute atomic E-state index is 0.0132. The fraction of sp³-hybridized carbons (Fsp3) is 0.385. The van der Waals surface area contributed by atoms with Gasteiger partial charge in [0.1, 0.15) is 0 Å². The van der Waals surface area contributed by atoms with Crippen molar-refractivity contribution in [3.05, 3.63) is 33.8 Å². The van der Waals surface area contributed by atoms with Crippen LogP contribution in [0.3, 0.4) is 0 Å². The highest BCUT2D eigenvalue weighted by Gasteiger charge is 2.15. The summed E-state index contributed by atoms with van der Waals surface area (Å²) in [4.78, 5) is 22.8. The van der Waals surface area contributed by atoms with Crippen molar-refractivity contribution in [2.24, 2.45) is 5.41 Å². The molecule has 0 bridgehead atoms. The molecule has 0 heterocycles. The predicted octanol–water partition coefficient (Wildman–Crippen LogP) is 2.92. The fourth-order valence-corrected chi connectivity index (χ4v) is 1.69. The Hall–Kier alpha value is -1.36. The lowest BCUT2D eigenvalue weighted by molar-refractivity contribution is 0.0696. The van der Waals surface area contributed by atoms with Crippen LogP contribution >= 0.6 is 15.9 Å². The van der Waals surface area contributed by atoms with Crippen molar-refractivity contribution in [3.8, 4) is 0 Å². The fourth-order valence-electron chi connectivity index (χ4n) is 1.28. The van der Waals surface area contributed by atoms with Crippen LogP contribution in [-0.4, -0.2) is 23.5 Å². The lowest BCUT2D eigenvalue weighted by Crippen LogP contribution is -2.32. The Labute approximate surface area is 115 Å². The molecule has 5 heteroatoms. The molecule has 0 radical (unpaired) electrons. The van der Waals surface area contributed by atoms with E-state index < -0.39 is 5.97 Å². The van der Waals surface area contributed by atoms with Crippen molar-refractivity contribution < 1.29 is 14.7 Å². The van der Waals surface area contributed by atoms with Crippen LogP contribution in [0.2, 0.25) is 0 Å². The molecule has 2 N–H and O–H groups in total. The van der Waals surface area contributed by atoms with E-state index in [2.05, 4.69) is 21.2 Å². The summed E-state index contributed by atoms with van der Waals surface area (Å²) in [5, 5.41) is 11.7. The number of hydrogen-bond donors (Lipinski definition) is 2. The van der Waals surface area contributed by atoms with Crippen molar-refractivity contribution in [2.75, 3.05) is 6.54 Å². The highest BCUT2D eigenvalue weighted by Crippen LogP contribution is 2.18. The van der Waals surface area contributed by atoms with Gasteiger partial charge < -0.3 is 10.4 Å². The van der Waals surface area contributed by atoms with Gasteiger partial charge in [-0.25, -0.2) is 4.79 Å². The zero-order valence-corrected chi connectivity index (χ0v) is 12.2. The largest absolute Gasteiger partial charge is 0.478 e. The number of halogens is 1. The number of carbonyl (C=O) groups excluding carboxylic acids is 1. The highest BCUT2D eigenvalue weighted by atomic mass is 79.9. The summed E-state index contributed by atoms with van der Waals surface area (Å²) in [6.07, 6.45) is 0. The number of amides is 1. The third-order valence-electron chi connectivity index (χ3n) is 2.24. The van der Waals surface area contributed by atoms with Gasteiger partial charge in [0.15, 0.2) is 0 Å². The normalized spacial score (nSPS) is 11.1. The smallest absolute Gasteiger partial charge is 0.336 e. The van der Waals surface area contributed by atoms with Crippen molar-refractivity contribution in [1.82, 2.24) is 5.32 Å². The van der Waals surface area contributed by atoms with Gasteiger partial charge in [-0.15, -0.1) is 0 Å². The summed E-state index contributed by atoms with van der Waals surface area (Å²) in [5.74, 6) is -1.33. The minimum Gasteiger partial charge on any atom is -0.478 e. The summed E-state index contributed by atoms with van der Waals surface area (Å²) in [6, 6.07) is 4.52. The lowest BCUT2D eigenvalue weighted by Gasteiger charge is -2.18. The van der Waals surface area contributed by atoms with Crippen LogP contribution in [-0.2, 0) is 0 Å². The zero-order chi connectivity index (χ0) is 13.9. The van der Waals surface area contributed by atoms with E-state index in [1.54, 1.807) is 12.1 Å². The molecule has 0 saturated carbocycles. The summed E-state index contributed by atoms with van der Waals surface area (Å²) in [6.45, 7) is 6.57. The highest BCUT2D eigenvalue weighted by molar-refractivity contribution is 9.10. The SMILES string of the molecule is CC(C)(C)CNC(=O)c1ccc(Br)c(C(=O)O)c1. The van der Waals surface area contributed by atoms with Gasteiger partial charge in [0.25, 0.3) is 5.91 Å². The van der Waals surface area contributed by atoms with E-state index >= 15 is 0 Å². The van der Waals surface area contributed by atoms with Gasteiger partial charge in [0.2, 0.25) is 0 Å². The lowest BCUT2D eigenvalue weighted by atomic mass is 9.97. The average Bonchev–Trinajstić information content (AvgIpc) is 2.25. The van der Waals surface area contributed by atoms with Gasteiger partial charge in [-0.05, 0) is 39.5 Å². The number of benzene rings is 1. The summed E-state index contributed by atoms with van der Waals surface area (Å²) < 4.78 is 0.461. The number of carboxylic acids is 1. The van der Waals surface area contributed by atoms with E-state index in [4.69, 9.17) is 5.11 Å².